The van der Waals surface area contributed by atoms with Gasteiger partial charge in [0.15, 0.2) is 0 Å². The molecular weight excluding hydrogens is 430 g/mol. The second-order valence-electron chi connectivity index (χ2n) is 9.57. The summed E-state index contributed by atoms with van der Waals surface area (Å²) in [6.45, 7) is 7.74. The molecule has 1 aromatic heterocycles. The SMILES string of the molecule is CC(=O)N1CCN(c2ccc3c(n2)CCN(CC(O)CN2CCc4ccccc4C2)C3=O)CC1. The third-order valence-electron chi connectivity index (χ3n) is 7.25. The highest BCUT2D eigenvalue weighted by atomic mass is 16.3. The number of benzene rings is 1. The van der Waals surface area contributed by atoms with Crippen LogP contribution in [0.5, 0.6) is 0 Å². The summed E-state index contributed by atoms with van der Waals surface area (Å²) in [6.07, 6.45) is 1.10. The predicted molar refractivity (Wildman–Crippen MR) is 130 cm³/mol. The van der Waals surface area contributed by atoms with Crippen LogP contribution in [0.3, 0.4) is 0 Å². The zero-order chi connectivity index (χ0) is 23.7. The number of aliphatic hydroxyl groups excluding tert-OH is 1. The molecule has 1 N–H and O–H groups in total. The van der Waals surface area contributed by atoms with E-state index >= 15 is 0 Å². The number of aromatic nitrogens is 1. The first-order chi connectivity index (χ1) is 16.5. The number of carbonyl (C=O) groups is 2. The van der Waals surface area contributed by atoms with Crippen LogP contribution in [-0.2, 0) is 24.2 Å². The Labute approximate surface area is 200 Å². The standard InChI is InChI=1S/C26H33N5O3/c1-19(32)29-12-14-30(15-13-29)25-7-6-23-24(27-25)9-11-31(26(23)34)18-22(33)17-28-10-8-20-4-2-3-5-21(20)16-28/h2-7,22,33H,8-18H2,1H3. The van der Waals surface area contributed by atoms with Crippen molar-refractivity contribution in [3.63, 3.8) is 0 Å². The van der Waals surface area contributed by atoms with Gasteiger partial charge in [-0.1, -0.05) is 24.3 Å². The van der Waals surface area contributed by atoms with Crippen molar-refractivity contribution in [3.05, 3.63) is 58.8 Å². The lowest BCUT2D eigenvalue weighted by molar-refractivity contribution is -0.129. The van der Waals surface area contributed by atoms with Gasteiger partial charge in [-0.05, 0) is 29.7 Å². The van der Waals surface area contributed by atoms with Gasteiger partial charge in [-0.15, -0.1) is 0 Å². The first-order valence-electron chi connectivity index (χ1n) is 12.2. The van der Waals surface area contributed by atoms with E-state index in [0.29, 0.717) is 44.7 Å². The van der Waals surface area contributed by atoms with Gasteiger partial charge in [0.1, 0.15) is 5.82 Å². The molecule has 5 rings (SSSR count). The number of hydrogen-bond acceptors (Lipinski definition) is 6. The number of β-amino-alcohol motifs (C(OH)–C–C–N with tert-alkyl or cyclic N) is 1. The fourth-order valence-electron chi connectivity index (χ4n) is 5.31. The first-order valence-corrected chi connectivity index (χ1v) is 12.2. The maximum atomic E-state index is 13.1. The molecule has 1 saturated heterocycles. The molecule has 1 fully saturated rings. The zero-order valence-corrected chi connectivity index (χ0v) is 19.8. The Morgan fingerprint density at radius 3 is 2.50 bits per heavy atom. The minimum atomic E-state index is -0.583. The Kier molecular flexibility index (Phi) is 6.52. The zero-order valence-electron chi connectivity index (χ0n) is 19.8. The first kappa shape index (κ1) is 22.8. The van der Waals surface area contributed by atoms with Crippen LogP contribution in [0, 0.1) is 0 Å². The lowest BCUT2D eigenvalue weighted by Gasteiger charge is -2.36. The third-order valence-corrected chi connectivity index (χ3v) is 7.25. The molecule has 3 aliphatic rings. The van der Waals surface area contributed by atoms with Crippen molar-refractivity contribution < 1.29 is 14.7 Å². The van der Waals surface area contributed by atoms with Crippen molar-refractivity contribution in [2.75, 3.05) is 57.3 Å². The Morgan fingerprint density at radius 2 is 1.74 bits per heavy atom. The van der Waals surface area contributed by atoms with Gasteiger partial charge in [0.25, 0.3) is 5.91 Å². The normalized spacial score (nSPS) is 19.6. The minimum Gasteiger partial charge on any atom is -0.390 e. The minimum absolute atomic E-state index is 0.0512. The second kappa shape index (κ2) is 9.72. The van der Waals surface area contributed by atoms with Crippen molar-refractivity contribution in [1.29, 1.82) is 0 Å². The summed E-state index contributed by atoms with van der Waals surface area (Å²) >= 11 is 0. The van der Waals surface area contributed by atoms with Gasteiger partial charge in [-0.2, -0.15) is 0 Å². The number of amides is 2. The predicted octanol–water partition coefficient (Wildman–Crippen LogP) is 1.17. The molecule has 34 heavy (non-hydrogen) atoms. The molecule has 180 valence electrons. The van der Waals surface area contributed by atoms with E-state index in [1.807, 2.05) is 17.0 Å². The lowest BCUT2D eigenvalue weighted by atomic mass is 9.99. The van der Waals surface area contributed by atoms with Crippen molar-refractivity contribution in [2.24, 2.45) is 0 Å². The van der Waals surface area contributed by atoms with Gasteiger partial charge in [-0.3, -0.25) is 14.5 Å². The summed E-state index contributed by atoms with van der Waals surface area (Å²) in [6, 6.07) is 12.3. The lowest BCUT2D eigenvalue weighted by Crippen LogP contribution is -2.48. The second-order valence-corrected chi connectivity index (χ2v) is 9.57. The highest BCUT2D eigenvalue weighted by Gasteiger charge is 2.29. The average Bonchev–Trinajstić information content (AvgIpc) is 2.85. The summed E-state index contributed by atoms with van der Waals surface area (Å²) in [4.78, 5) is 37.5. The van der Waals surface area contributed by atoms with Crippen molar-refractivity contribution in [3.8, 4) is 0 Å². The summed E-state index contributed by atoms with van der Waals surface area (Å²) in [5.74, 6) is 0.925. The van der Waals surface area contributed by atoms with Crippen molar-refractivity contribution >= 4 is 17.6 Å². The van der Waals surface area contributed by atoms with Crippen LogP contribution in [0.1, 0.15) is 34.1 Å². The van der Waals surface area contributed by atoms with Gasteiger partial charge in [0.2, 0.25) is 5.91 Å². The largest absolute Gasteiger partial charge is 0.390 e. The monoisotopic (exact) mass is 463 g/mol. The summed E-state index contributed by atoms with van der Waals surface area (Å²) in [5, 5.41) is 10.8. The fraction of sp³-hybridized carbons (Fsp3) is 0.500. The van der Waals surface area contributed by atoms with E-state index in [2.05, 4.69) is 34.1 Å². The maximum Gasteiger partial charge on any atom is 0.255 e. The smallest absolute Gasteiger partial charge is 0.255 e. The van der Waals surface area contributed by atoms with Gasteiger partial charge in [0.05, 0.1) is 17.4 Å². The molecule has 1 atom stereocenters. The number of rotatable bonds is 5. The Hall–Kier alpha value is -2.97. The number of piperazine rings is 1. The molecule has 1 aromatic carbocycles. The van der Waals surface area contributed by atoms with Crippen LogP contribution in [-0.4, -0.2) is 95.1 Å². The molecule has 0 bridgehead atoms. The molecule has 4 heterocycles. The average molecular weight is 464 g/mol. The maximum absolute atomic E-state index is 13.1. The number of anilines is 1. The van der Waals surface area contributed by atoms with Gasteiger partial charge in [0, 0.05) is 72.2 Å². The molecule has 0 spiro atoms. The van der Waals surface area contributed by atoms with Crippen LogP contribution < -0.4 is 4.90 Å². The van der Waals surface area contributed by atoms with Crippen LogP contribution >= 0.6 is 0 Å². The number of hydrogen-bond donors (Lipinski definition) is 1. The van der Waals surface area contributed by atoms with Gasteiger partial charge < -0.3 is 19.8 Å². The number of aliphatic hydroxyl groups is 1. The van der Waals surface area contributed by atoms with Crippen LogP contribution in [0.25, 0.3) is 0 Å². The molecule has 3 aliphatic heterocycles. The molecule has 8 nitrogen and oxygen atoms in total. The molecule has 0 radical (unpaired) electrons. The van der Waals surface area contributed by atoms with E-state index < -0.39 is 6.10 Å². The van der Waals surface area contributed by atoms with Gasteiger partial charge in [-0.25, -0.2) is 4.98 Å². The molecule has 8 heteroatoms. The van der Waals surface area contributed by atoms with Crippen LogP contribution in [0.2, 0.25) is 0 Å². The number of pyridine rings is 1. The Bertz CT molecular complexity index is 1070. The van der Waals surface area contributed by atoms with Crippen LogP contribution in [0.4, 0.5) is 5.82 Å². The topological polar surface area (TPSA) is 80.2 Å². The molecule has 2 amide bonds. The van der Waals surface area contributed by atoms with Crippen molar-refractivity contribution in [1.82, 2.24) is 19.7 Å². The summed E-state index contributed by atoms with van der Waals surface area (Å²) in [5.41, 5.74) is 4.18. The van der Waals surface area contributed by atoms with Crippen molar-refractivity contribution in [2.45, 2.75) is 32.4 Å². The van der Waals surface area contributed by atoms with E-state index in [1.165, 1.54) is 11.1 Å². The molecule has 1 unspecified atom stereocenters. The molecule has 2 aromatic rings. The number of fused-ring (bicyclic) bond motifs is 2. The Morgan fingerprint density at radius 1 is 0.971 bits per heavy atom. The Balaban J connectivity index is 1.17. The van der Waals surface area contributed by atoms with E-state index in [-0.39, 0.29) is 11.8 Å². The summed E-state index contributed by atoms with van der Waals surface area (Å²) in [7, 11) is 0. The van der Waals surface area contributed by atoms with E-state index in [0.717, 1.165) is 44.1 Å². The molecular formula is C26H33N5O3. The summed E-state index contributed by atoms with van der Waals surface area (Å²) < 4.78 is 0. The highest BCUT2D eigenvalue weighted by molar-refractivity contribution is 5.96. The highest BCUT2D eigenvalue weighted by Crippen LogP contribution is 2.23. The third kappa shape index (κ3) is 4.79. The van der Waals surface area contributed by atoms with E-state index in [9.17, 15) is 14.7 Å². The quantitative estimate of drug-likeness (QED) is 0.717. The number of carbonyl (C=O) groups excluding carboxylic acids is 2. The van der Waals surface area contributed by atoms with E-state index in [1.54, 1.807) is 11.8 Å². The molecule has 0 aliphatic carbocycles. The number of nitrogens with zero attached hydrogens (tertiary/aromatic N) is 5. The molecule has 0 saturated carbocycles. The van der Waals surface area contributed by atoms with Gasteiger partial charge >= 0.3 is 0 Å². The van der Waals surface area contributed by atoms with E-state index in [4.69, 9.17) is 4.98 Å². The van der Waals surface area contributed by atoms with Crippen LogP contribution in [0.15, 0.2) is 36.4 Å². The fourth-order valence-corrected chi connectivity index (χ4v) is 5.31.